The van der Waals surface area contributed by atoms with Crippen molar-refractivity contribution in [2.24, 2.45) is 0 Å². The van der Waals surface area contributed by atoms with Crippen LogP contribution in [0.3, 0.4) is 0 Å². The number of fused-ring (bicyclic) bond motifs is 1. The molecule has 3 aromatic heterocycles. The standard InChI is InChI=1S/C13H14N6/c1-8(2)19-7-16-10-11(14)17-12(18-13(10)19)9-4-3-5-15-6-9/h3-8H,1-2H3,(H2,14,17,18). The molecule has 6 nitrogen and oxygen atoms in total. The van der Waals surface area contributed by atoms with Gasteiger partial charge in [-0.2, -0.15) is 0 Å². The molecule has 6 heteroatoms. The molecule has 0 aromatic carbocycles. The van der Waals surface area contributed by atoms with Crippen LogP contribution in [0.1, 0.15) is 19.9 Å². The number of pyridine rings is 1. The van der Waals surface area contributed by atoms with Crippen LogP contribution in [0.15, 0.2) is 30.9 Å². The Hall–Kier alpha value is -2.50. The van der Waals surface area contributed by atoms with E-state index < -0.39 is 0 Å². The Morgan fingerprint density at radius 3 is 2.79 bits per heavy atom. The van der Waals surface area contributed by atoms with Gasteiger partial charge in [-0.15, -0.1) is 0 Å². The van der Waals surface area contributed by atoms with E-state index in [0.717, 1.165) is 11.2 Å². The van der Waals surface area contributed by atoms with Crippen LogP contribution >= 0.6 is 0 Å². The van der Waals surface area contributed by atoms with E-state index in [1.807, 2.05) is 16.7 Å². The Morgan fingerprint density at radius 1 is 1.26 bits per heavy atom. The average molecular weight is 254 g/mol. The Labute approximate surface area is 110 Å². The van der Waals surface area contributed by atoms with Gasteiger partial charge in [0.15, 0.2) is 17.3 Å². The number of hydrogen-bond acceptors (Lipinski definition) is 5. The first-order valence-electron chi connectivity index (χ1n) is 6.07. The van der Waals surface area contributed by atoms with Crippen molar-refractivity contribution in [2.45, 2.75) is 19.9 Å². The number of anilines is 1. The average Bonchev–Trinajstić information content (AvgIpc) is 2.84. The fourth-order valence-corrected chi connectivity index (χ4v) is 1.94. The molecule has 0 aliphatic carbocycles. The predicted molar refractivity (Wildman–Crippen MR) is 73.4 cm³/mol. The van der Waals surface area contributed by atoms with Gasteiger partial charge in [-0.3, -0.25) is 4.98 Å². The van der Waals surface area contributed by atoms with Crippen LogP contribution in [0.2, 0.25) is 0 Å². The highest BCUT2D eigenvalue weighted by Crippen LogP contribution is 2.23. The molecule has 0 atom stereocenters. The van der Waals surface area contributed by atoms with Crippen molar-refractivity contribution >= 4 is 17.0 Å². The molecule has 0 aliphatic rings. The molecule has 19 heavy (non-hydrogen) atoms. The van der Waals surface area contributed by atoms with Gasteiger partial charge < -0.3 is 10.3 Å². The summed E-state index contributed by atoms with van der Waals surface area (Å²) in [5, 5.41) is 0. The SMILES string of the molecule is CC(C)n1cnc2c(N)nc(-c3cccnc3)nc21. The van der Waals surface area contributed by atoms with Gasteiger partial charge in [0.25, 0.3) is 0 Å². The first-order valence-corrected chi connectivity index (χ1v) is 6.07. The second-order valence-electron chi connectivity index (χ2n) is 4.59. The second kappa shape index (κ2) is 4.31. The maximum absolute atomic E-state index is 5.96. The minimum atomic E-state index is 0.265. The topological polar surface area (TPSA) is 82.5 Å². The Balaban J connectivity index is 2.26. The third kappa shape index (κ3) is 1.91. The molecule has 3 rings (SSSR count). The summed E-state index contributed by atoms with van der Waals surface area (Å²) in [6.07, 6.45) is 5.17. The molecule has 0 amide bonds. The van der Waals surface area contributed by atoms with Gasteiger partial charge in [0.1, 0.15) is 5.52 Å². The first-order chi connectivity index (χ1) is 9.16. The Morgan fingerprint density at radius 2 is 2.11 bits per heavy atom. The van der Waals surface area contributed by atoms with E-state index in [4.69, 9.17) is 5.73 Å². The van der Waals surface area contributed by atoms with Gasteiger partial charge in [-0.25, -0.2) is 15.0 Å². The summed E-state index contributed by atoms with van der Waals surface area (Å²) in [6, 6.07) is 4.02. The number of imidazole rings is 1. The van der Waals surface area contributed by atoms with Gasteiger partial charge in [0.2, 0.25) is 0 Å². The lowest BCUT2D eigenvalue weighted by Crippen LogP contribution is -2.03. The molecule has 3 aromatic rings. The maximum atomic E-state index is 5.96. The zero-order valence-electron chi connectivity index (χ0n) is 10.8. The van der Waals surface area contributed by atoms with E-state index >= 15 is 0 Å². The normalized spacial score (nSPS) is 11.3. The van der Waals surface area contributed by atoms with Crippen LogP contribution in [-0.4, -0.2) is 24.5 Å². The van der Waals surface area contributed by atoms with Crippen molar-refractivity contribution in [3.63, 3.8) is 0 Å². The van der Waals surface area contributed by atoms with Crippen LogP contribution in [-0.2, 0) is 0 Å². The van der Waals surface area contributed by atoms with Gasteiger partial charge in [0, 0.05) is 24.0 Å². The highest BCUT2D eigenvalue weighted by Gasteiger charge is 2.13. The van der Waals surface area contributed by atoms with Crippen molar-refractivity contribution in [1.29, 1.82) is 0 Å². The highest BCUT2D eigenvalue weighted by atomic mass is 15.1. The third-order valence-electron chi connectivity index (χ3n) is 2.92. The van der Waals surface area contributed by atoms with E-state index in [0.29, 0.717) is 17.2 Å². The molecule has 0 unspecified atom stereocenters. The van der Waals surface area contributed by atoms with E-state index in [2.05, 4.69) is 33.8 Å². The predicted octanol–water partition coefficient (Wildman–Crippen LogP) is 2.05. The molecule has 2 N–H and O–H groups in total. The Bertz CT molecular complexity index is 717. The lowest BCUT2D eigenvalue weighted by molar-refractivity contribution is 0.613. The quantitative estimate of drug-likeness (QED) is 0.756. The number of nitrogen functional groups attached to an aromatic ring is 1. The molecule has 96 valence electrons. The van der Waals surface area contributed by atoms with E-state index in [1.165, 1.54) is 0 Å². The Kier molecular flexibility index (Phi) is 2.63. The number of aromatic nitrogens is 5. The number of nitrogens with two attached hydrogens (primary N) is 1. The molecule has 0 fully saturated rings. The first kappa shape index (κ1) is 11.6. The minimum Gasteiger partial charge on any atom is -0.382 e. The maximum Gasteiger partial charge on any atom is 0.166 e. The molecular formula is C13H14N6. The summed E-state index contributed by atoms with van der Waals surface area (Å²) in [5.41, 5.74) is 8.19. The smallest absolute Gasteiger partial charge is 0.166 e. The zero-order chi connectivity index (χ0) is 13.4. The van der Waals surface area contributed by atoms with E-state index in [9.17, 15) is 0 Å². The van der Waals surface area contributed by atoms with Gasteiger partial charge in [-0.05, 0) is 26.0 Å². The summed E-state index contributed by atoms with van der Waals surface area (Å²) in [5.74, 6) is 0.962. The fourth-order valence-electron chi connectivity index (χ4n) is 1.94. The largest absolute Gasteiger partial charge is 0.382 e. The summed E-state index contributed by atoms with van der Waals surface area (Å²) in [6.45, 7) is 4.15. The molecule has 0 spiro atoms. The van der Waals surface area contributed by atoms with Crippen LogP contribution in [0, 0.1) is 0 Å². The van der Waals surface area contributed by atoms with E-state index in [-0.39, 0.29) is 6.04 Å². The molecule has 0 radical (unpaired) electrons. The van der Waals surface area contributed by atoms with Crippen molar-refractivity contribution in [3.05, 3.63) is 30.9 Å². The summed E-state index contributed by atoms with van der Waals surface area (Å²) in [7, 11) is 0. The number of rotatable bonds is 2. The highest BCUT2D eigenvalue weighted by molar-refractivity contribution is 5.83. The second-order valence-corrected chi connectivity index (χ2v) is 4.59. The van der Waals surface area contributed by atoms with Crippen molar-refractivity contribution in [3.8, 4) is 11.4 Å². The van der Waals surface area contributed by atoms with Crippen molar-refractivity contribution < 1.29 is 0 Å². The lowest BCUT2D eigenvalue weighted by Gasteiger charge is -2.08. The van der Waals surface area contributed by atoms with Crippen molar-refractivity contribution in [1.82, 2.24) is 24.5 Å². The minimum absolute atomic E-state index is 0.265. The van der Waals surface area contributed by atoms with Gasteiger partial charge in [-0.1, -0.05) is 0 Å². The summed E-state index contributed by atoms with van der Waals surface area (Å²) >= 11 is 0. The summed E-state index contributed by atoms with van der Waals surface area (Å²) in [4.78, 5) is 17.2. The number of hydrogen-bond donors (Lipinski definition) is 1. The molecule has 0 saturated heterocycles. The van der Waals surface area contributed by atoms with Crippen LogP contribution in [0.5, 0.6) is 0 Å². The molecule has 0 bridgehead atoms. The third-order valence-corrected chi connectivity index (χ3v) is 2.92. The monoisotopic (exact) mass is 254 g/mol. The van der Waals surface area contributed by atoms with Crippen LogP contribution < -0.4 is 5.73 Å². The van der Waals surface area contributed by atoms with Crippen LogP contribution in [0.25, 0.3) is 22.6 Å². The lowest BCUT2D eigenvalue weighted by atomic mass is 10.2. The van der Waals surface area contributed by atoms with Crippen LogP contribution in [0.4, 0.5) is 5.82 Å². The van der Waals surface area contributed by atoms with E-state index in [1.54, 1.807) is 18.7 Å². The molecule has 0 aliphatic heterocycles. The molecule has 3 heterocycles. The van der Waals surface area contributed by atoms with Crippen molar-refractivity contribution in [2.75, 3.05) is 5.73 Å². The summed E-state index contributed by atoms with van der Waals surface area (Å²) < 4.78 is 1.98. The molecular weight excluding hydrogens is 240 g/mol. The van der Waals surface area contributed by atoms with Gasteiger partial charge >= 0.3 is 0 Å². The van der Waals surface area contributed by atoms with Gasteiger partial charge in [0.05, 0.1) is 6.33 Å². The zero-order valence-corrected chi connectivity index (χ0v) is 10.8. The fraction of sp³-hybridized carbons (Fsp3) is 0.231. The number of nitrogens with zero attached hydrogens (tertiary/aromatic N) is 5. The molecule has 0 saturated carbocycles.